The number of halogens is 2. The first-order valence-electron chi connectivity index (χ1n) is 6.13. The van der Waals surface area contributed by atoms with Gasteiger partial charge in [0.2, 0.25) is 0 Å². The molecule has 0 aliphatic rings. The predicted octanol–water partition coefficient (Wildman–Crippen LogP) is 3.22. The zero-order valence-electron chi connectivity index (χ0n) is 11.4. The molecule has 0 spiro atoms. The highest BCUT2D eigenvalue weighted by Gasteiger charge is 2.07. The van der Waals surface area contributed by atoms with Crippen molar-refractivity contribution in [3.05, 3.63) is 33.8 Å². The Labute approximate surface area is 134 Å². The summed E-state index contributed by atoms with van der Waals surface area (Å²) < 4.78 is 4.92. The molecule has 2 N–H and O–H groups in total. The number of methoxy groups -OCH3 is 1. The Morgan fingerprint density at radius 2 is 2.15 bits per heavy atom. The molecule has 0 aliphatic carbocycles. The number of hydrogen-bond acceptors (Lipinski definition) is 3. The average Bonchev–Trinajstić information content (AvgIpc) is 2.41. The van der Waals surface area contributed by atoms with Crippen molar-refractivity contribution in [1.29, 1.82) is 0 Å². The first-order chi connectivity index (χ1) is 9.58. The molecule has 7 heteroatoms. The van der Waals surface area contributed by atoms with Crippen molar-refractivity contribution in [2.45, 2.75) is 13.3 Å². The SMILES string of the molecule is CC/C(=N/NC(=S)NCCOC)c1ccc(Cl)cc1Cl. The second kappa shape index (κ2) is 9.13. The Hall–Kier alpha value is -0.880. The van der Waals surface area contributed by atoms with Crippen molar-refractivity contribution < 1.29 is 4.74 Å². The smallest absolute Gasteiger partial charge is 0.187 e. The van der Waals surface area contributed by atoms with E-state index in [0.717, 1.165) is 17.7 Å². The van der Waals surface area contributed by atoms with Crippen LogP contribution in [-0.2, 0) is 4.74 Å². The highest BCUT2D eigenvalue weighted by Crippen LogP contribution is 2.22. The number of ether oxygens (including phenoxy) is 1. The van der Waals surface area contributed by atoms with Crippen LogP contribution < -0.4 is 10.7 Å². The van der Waals surface area contributed by atoms with Gasteiger partial charge in [0.25, 0.3) is 0 Å². The van der Waals surface area contributed by atoms with E-state index in [-0.39, 0.29) is 0 Å². The first-order valence-corrected chi connectivity index (χ1v) is 7.29. The molecule has 0 fully saturated rings. The summed E-state index contributed by atoms with van der Waals surface area (Å²) in [5.41, 5.74) is 4.44. The summed E-state index contributed by atoms with van der Waals surface area (Å²) in [5.74, 6) is 0. The fourth-order valence-corrected chi connectivity index (χ4v) is 2.14. The zero-order valence-corrected chi connectivity index (χ0v) is 13.7. The molecular formula is C13H17Cl2N3OS. The zero-order chi connectivity index (χ0) is 15.0. The highest BCUT2D eigenvalue weighted by atomic mass is 35.5. The summed E-state index contributed by atoms with van der Waals surface area (Å²) >= 11 is 17.1. The summed E-state index contributed by atoms with van der Waals surface area (Å²) in [6.07, 6.45) is 0.717. The van der Waals surface area contributed by atoms with Crippen LogP contribution in [-0.4, -0.2) is 31.1 Å². The summed E-state index contributed by atoms with van der Waals surface area (Å²) in [6, 6.07) is 5.32. The standard InChI is InChI=1S/C13H17Cl2N3OS/c1-3-12(10-5-4-9(14)8-11(10)15)17-18-13(20)16-6-7-19-2/h4-5,8H,3,6-7H2,1-2H3,(H2,16,18,20)/b17-12-. The Kier molecular flexibility index (Phi) is 7.84. The molecule has 0 atom stereocenters. The number of rotatable bonds is 6. The molecule has 110 valence electrons. The van der Waals surface area contributed by atoms with Crippen molar-refractivity contribution in [2.75, 3.05) is 20.3 Å². The summed E-state index contributed by atoms with van der Waals surface area (Å²) in [5, 5.41) is 8.86. The van der Waals surface area contributed by atoms with Crippen molar-refractivity contribution in [2.24, 2.45) is 5.10 Å². The lowest BCUT2D eigenvalue weighted by Crippen LogP contribution is -2.34. The van der Waals surface area contributed by atoms with Crippen molar-refractivity contribution in [1.82, 2.24) is 10.7 Å². The fourth-order valence-electron chi connectivity index (χ4n) is 1.48. The first kappa shape index (κ1) is 17.2. The van der Waals surface area contributed by atoms with Gasteiger partial charge in [0, 0.05) is 24.2 Å². The molecule has 0 heterocycles. The van der Waals surface area contributed by atoms with Crippen molar-refractivity contribution in [3.8, 4) is 0 Å². The van der Waals surface area contributed by atoms with Gasteiger partial charge in [0.05, 0.1) is 17.3 Å². The molecule has 0 radical (unpaired) electrons. The highest BCUT2D eigenvalue weighted by molar-refractivity contribution is 7.80. The minimum absolute atomic E-state index is 0.443. The maximum Gasteiger partial charge on any atom is 0.187 e. The average molecular weight is 334 g/mol. The summed E-state index contributed by atoms with van der Waals surface area (Å²) in [7, 11) is 1.63. The van der Waals surface area contributed by atoms with E-state index < -0.39 is 0 Å². The normalized spacial score (nSPS) is 11.3. The van der Waals surface area contributed by atoms with Gasteiger partial charge in [0.15, 0.2) is 5.11 Å². The molecule has 0 saturated heterocycles. The maximum atomic E-state index is 6.16. The van der Waals surface area contributed by atoms with E-state index in [1.165, 1.54) is 0 Å². The van der Waals surface area contributed by atoms with Crippen LogP contribution in [0.4, 0.5) is 0 Å². The monoisotopic (exact) mass is 333 g/mol. The Morgan fingerprint density at radius 3 is 2.75 bits per heavy atom. The summed E-state index contributed by atoms with van der Waals surface area (Å²) in [6.45, 7) is 3.20. The number of hydrogen-bond donors (Lipinski definition) is 2. The minimum Gasteiger partial charge on any atom is -0.383 e. The second-order valence-corrected chi connectivity index (χ2v) is 5.15. The molecule has 1 aromatic rings. The van der Waals surface area contributed by atoms with Gasteiger partial charge in [-0.05, 0) is 30.8 Å². The molecule has 20 heavy (non-hydrogen) atoms. The molecule has 0 bridgehead atoms. The van der Waals surface area contributed by atoms with Crippen LogP contribution in [0.25, 0.3) is 0 Å². The number of thiocarbonyl (C=S) groups is 1. The molecule has 0 saturated carbocycles. The number of benzene rings is 1. The van der Waals surface area contributed by atoms with Gasteiger partial charge in [-0.1, -0.05) is 36.2 Å². The quantitative estimate of drug-likeness (QED) is 0.363. The van der Waals surface area contributed by atoms with Crippen LogP contribution in [0, 0.1) is 0 Å². The summed E-state index contributed by atoms with van der Waals surface area (Å²) in [4.78, 5) is 0. The molecule has 1 rings (SSSR count). The van der Waals surface area contributed by atoms with Crippen LogP contribution in [0.2, 0.25) is 10.0 Å². The van der Waals surface area contributed by atoms with E-state index >= 15 is 0 Å². The lowest BCUT2D eigenvalue weighted by Gasteiger charge is -2.10. The lowest BCUT2D eigenvalue weighted by molar-refractivity contribution is 0.204. The van der Waals surface area contributed by atoms with Gasteiger partial charge < -0.3 is 10.1 Å². The van der Waals surface area contributed by atoms with Crippen LogP contribution in [0.15, 0.2) is 23.3 Å². The third kappa shape index (κ3) is 5.63. The van der Waals surface area contributed by atoms with Gasteiger partial charge in [-0.25, -0.2) is 0 Å². The van der Waals surface area contributed by atoms with Crippen LogP contribution >= 0.6 is 35.4 Å². The van der Waals surface area contributed by atoms with Gasteiger partial charge in [0.1, 0.15) is 0 Å². The minimum atomic E-state index is 0.443. The number of nitrogens with one attached hydrogen (secondary N) is 2. The van der Waals surface area contributed by atoms with Crippen LogP contribution in [0.5, 0.6) is 0 Å². The molecule has 4 nitrogen and oxygen atoms in total. The predicted molar refractivity (Wildman–Crippen MR) is 88.9 cm³/mol. The third-order valence-electron chi connectivity index (χ3n) is 2.46. The van der Waals surface area contributed by atoms with Gasteiger partial charge in [-0.2, -0.15) is 5.10 Å². The number of nitrogens with zero attached hydrogens (tertiary/aromatic N) is 1. The van der Waals surface area contributed by atoms with E-state index in [0.29, 0.717) is 28.3 Å². The topological polar surface area (TPSA) is 45.7 Å². The molecule has 0 aliphatic heterocycles. The van der Waals surface area contributed by atoms with Crippen LogP contribution in [0.3, 0.4) is 0 Å². The van der Waals surface area contributed by atoms with E-state index in [2.05, 4.69) is 15.8 Å². The molecule has 1 aromatic carbocycles. The Morgan fingerprint density at radius 1 is 1.40 bits per heavy atom. The Bertz CT molecular complexity index is 495. The Balaban J connectivity index is 2.70. The van der Waals surface area contributed by atoms with E-state index in [1.807, 2.05) is 13.0 Å². The van der Waals surface area contributed by atoms with Crippen molar-refractivity contribution >= 4 is 46.2 Å². The fraction of sp³-hybridized carbons (Fsp3) is 0.385. The second-order valence-electron chi connectivity index (χ2n) is 3.90. The van der Waals surface area contributed by atoms with Crippen molar-refractivity contribution in [3.63, 3.8) is 0 Å². The molecule has 0 amide bonds. The van der Waals surface area contributed by atoms with Gasteiger partial charge in [-0.15, -0.1) is 0 Å². The molecule has 0 unspecified atom stereocenters. The maximum absolute atomic E-state index is 6.16. The van der Waals surface area contributed by atoms with Crippen LogP contribution in [0.1, 0.15) is 18.9 Å². The number of hydrazone groups is 1. The van der Waals surface area contributed by atoms with E-state index in [4.69, 9.17) is 40.2 Å². The van der Waals surface area contributed by atoms with Gasteiger partial charge in [-0.3, -0.25) is 5.43 Å². The van der Waals surface area contributed by atoms with E-state index in [1.54, 1.807) is 19.2 Å². The molecular weight excluding hydrogens is 317 g/mol. The lowest BCUT2D eigenvalue weighted by atomic mass is 10.1. The van der Waals surface area contributed by atoms with Gasteiger partial charge >= 0.3 is 0 Å². The molecule has 0 aromatic heterocycles. The third-order valence-corrected chi connectivity index (χ3v) is 3.24. The largest absolute Gasteiger partial charge is 0.383 e. The van der Waals surface area contributed by atoms with E-state index in [9.17, 15) is 0 Å².